The Bertz CT molecular complexity index is 202. The fourth-order valence-electron chi connectivity index (χ4n) is 0.431. The number of halogens is 2. The molecule has 0 saturated carbocycles. The molecule has 0 aliphatic carbocycles. The summed E-state index contributed by atoms with van der Waals surface area (Å²) >= 11 is 11.3. The molecule has 0 aromatic carbocycles. The molecule has 0 saturated heterocycles. The van der Waals surface area contributed by atoms with Crippen LogP contribution in [0.3, 0.4) is 0 Å². The Morgan fingerprint density at radius 3 is 2.67 bits per heavy atom. The van der Waals surface area contributed by atoms with Gasteiger partial charge in [-0.05, 0) is 12.5 Å². The molecule has 0 fully saturated rings. The summed E-state index contributed by atoms with van der Waals surface area (Å²) in [5.74, 6) is 0. The smallest absolute Gasteiger partial charge is 0.109 e. The predicted octanol–water partition coefficient (Wildman–Crippen LogP) is 2.50. The molecule has 1 aromatic rings. The van der Waals surface area contributed by atoms with Crippen LogP contribution in [0.25, 0.3) is 0 Å². The second kappa shape index (κ2) is 2.54. The Kier molecular flexibility index (Phi) is 1.94. The van der Waals surface area contributed by atoms with Crippen molar-refractivity contribution >= 4 is 23.2 Å². The van der Waals surface area contributed by atoms with E-state index in [-0.39, 0.29) is 0 Å². The average Bonchev–Trinajstić information content (AvgIpc) is 1.83. The van der Waals surface area contributed by atoms with E-state index < -0.39 is 0 Å². The van der Waals surface area contributed by atoms with Crippen molar-refractivity contribution in [2.75, 3.05) is 0 Å². The van der Waals surface area contributed by atoms with Crippen LogP contribution in [-0.2, 0) is 0 Å². The third-order valence-electron chi connectivity index (χ3n) is 1.03. The maximum atomic E-state index is 5.65. The van der Waals surface area contributed by atoms with E-state index in [1.54, 1.807) is 0 Å². The molecule has 1 rings (SSSR count). The number of pyridine rings is 1. The van der Waals surface area contributed by atoms with Gasteiger partial charge in [-0.1, -0.05) is 23.2 Å². The second-order valence-electron chi connectivity index (χ2n) is 1.66. The van der Waals surface area contributed by atoms with Gasteiger partial charge in [0.2, 0.25) is 0 Å². The monoisotopic (exact) mass is 160 g/mol. The zero-order valence-electron chi connectivity index (χ0n) is 4.78. The first-order valence-corrected chi connectivity index (χ1v) is 3.15. The van der Waals surface area contributed by atoms with Crippen molar-refractivity contribution in [3.63, 3.8) is 0 Å². The van der Waals surface area contributed by atoms with Crippen molar-refractivity contribution in [3.8, 4) is 0 Å². The standard InChI is InChI=1S/C6H4Cl2N/c1-4-5(7)2-9-3-6(4)8/h2H,1H3. The molecule has 1 nitrogen and oxygen atoms in total. The van der Waals surface area contributed by atoms with Crippen molar-refractivity contribution in [1.29, 1.82) is 0 Å². The number of nitrogens with zero attached hydrogens (tertiary/aromatic N) is 1. The van der Waals surface area contributed by atoms with Crippen molar-refractivity contribution < 1.29 is 0 Å². The van der Waals surface area contributed by atoms with Crippen molar-refractivity contribution in [2.45, 2.75) is 6.92 Å². The van der Waals surface area contributed by atoms with Gasteiger partial charge in [-0.15, -0.1) is 0 Å². The maximum absolute atomic E-state index is 5.65. The van der Waals surface area contributed by atoms with E-state index in [0.29, 0.717) is 10.0 Å². The zero-order chi connectivity index (χ0) is 6.85. The van der Waals surface area contributed by atoms with E-state index in [0.717, 1.165) is 5.56 Å². The van der Waals surface area contributed by atoms with Crippen LogP contribution in [0.4, 0.5) is 0 Å². The lowest BCUT2D eigenvalue weighted by molar-refractivity contribution is 1.27. The summed E-state index contributed by atoms with van der Waals surface area (Å²) in [5, 5.41) is 1.07. The molecule has 3 heteroatoms. The summed E-state index contributed by atoms with van der Waals surface area (Å²) in [6.45, 7) is 1.82. The molecule has 47 valence electrons. The largest absolute Gasteiger partial charge is 0.251 e. The highest BCUT2D eigenvalue weighted by molar-refractivity contribution is 6.35. The van der Waals surface area contributed by atoms with E-state index >= 15 is 0 Å². The quantitative estimate of drug-likeness (QED) is 0.569. The molecule has 0 aliphatic rings. The first kappa shape index (κ1) is 6.84. The first-order chi connectivity index (χ1) is 4.22. The minimum absolute atomic E-state index is 0.488. The van der Waals surface area contributed by atoms with Crippen LogP contribution in [0.1, 0.15) is 5.56 Å². The Hall–Kier alpha value is -0.270. The van der Waals surface area contributed by atoms with Gasteiger partial charge in [0.05, 0.1) is 10.0 Å². The SMILES string of the molecule is Cc1c(Cl)[c]ncc1Cl. The third-order valence-corrected chi connectivity index (χ3v) is 1.78. The summed E-state index contributed by atoms with van der Waals surface area (Å²) < 4.78 is 0. The van der Waals surface area contributed by atoms with E-state index in [9.17, 15) is 0 Å². The van der Waals surface area contributed by atoms with E-state index in [1.807, 2.05) is 6.92 Å². The number of hydrogen-bond donors (Lipinski definition) is 0. The third kappa shape index (κ3) is 1.35. The van der Waals surface area contributed by atoms with Crippen LogP contribution in [0.5, 0.6) is 0 Å². The van der Waals surface area contributed by atoms with Gasteiger partial charge in [0.15, 0.2) is 0 Å². The molecule has 1 radical (unpaired) electrons. The Labute approximate surface area is 63.6 Å². The molecule has 0 atom stereocenters. The topological polar surface area (TPSA) is 12.9 Å². The maximum Gasteiger partial charge on any atom is 0.109 e. The fraction of sp³-hybridized carbons (Fsp3) is 0.167. The van der Waals surface area contributed by atoms with Gasteiger partial charge in [-0.2, -0.15) is 0 Å². The summed E-state index contributed by atoms with van der Waals surface area (Å²) in [6.07, 6.45) is 4.09. The average molecular weight is 161 g/mol. The van der Waals surface area contributed by atoms with E-state index in [1.165, 1.54) is 6.20 Å². The molecule has 0 amide bonds. The Morgan fingerprint density at radius 1 is 1.56 bits per heavy atom. The molecular weight excluding hydrogens is 157 g/mol. The van der Waals surface area contributed by atoms with Crippen LogP contribution < -0.4 is 0 Å². The number of hydrogen-bond acceptors (Lipinski definition) is 1. The van der Waals surface area contributed by atoms with E-state index in [4.69, 9.17) is 23.2 Å². The highest BCUT2D eigenvalue weighted by atomic mass is 35.5. The van der Waals surface area contributed by atoms with Gasteiger partial charge >= 0.3 is 0 Å². The first-order valence-electron chi connectivity index (χ1n) is 2.40. The lowest BCUT2D eigenvalue weighted by Crippen LogP contribution is -1.79. The fourth-order valence-corrected chi connectivity index (χ4v) is 0.773. The molecule has 1 heterocycles. The molecule has 0 aliphatic heterocycles. The minimum atomic E-state index is 0.488. The van der Waals surface area contributed by atoms with Crippen LogP contribution in [0.15, 0.2) is 6.20 Å². The summed E-state index contributed by atoms with van der Waals surface area (Å²) in [6, 6.07) is 0. The highest BCUT2D eigenvalue weighted by Crippen LogP contribution is 2.19. The van der Waals surface area contributed by atoms with Crippen LogP contribution in [-0.4, -0.2) is 4.98 Å². The van der Waals surface area contributed by atoms with Crippen molar-refractivity contribution in [3.05, 3.63) is 28.0 Å². The molecule has 1 aromatic heterocycles. The minimum Gasteiger partial charge on any atom is -0.251 e. The van der Waals surface area contributed by atoms with Gasteiger partial charge in [0, 0.05) is 6.20 Å². The molecule has 0 bridgehead atoms. The van der Waals surface area contributed by atoms with Gasteiger partial charge in [0.1, 0.15) is 6.20 Å². The summed E-state index contributed by atoms with van der Waals surface area (Å²) in [5.41, 5.74) is 0.827. The number of aromatic nitrogens is 1. The summed E-state index contributed by atoms with van der Waals surface area (Å²) in [7, 11) is 0. The lowest BCUT2D eigenvalue weighted by atomic mass is 10.3. The zero-order valence-corrected chi connectivity index (χ0v) is 6.29. The van der Waals surface area contributed by atoms with Gasteiger partial charge < -0.3 is 0 Å². The van der Waals surface area contributed by atoms with Gasteiger partial charge in [-0.3, -0.25) is 4.98 Å². The summed E-state index contributed by atoms with van der Waals surface area (Å²) in [4.78, 5) is 3.66. The Balaban J connectivity index is 3.25. The van der Waals surface area contributed by atoms with Crippen LogP contribution >= 0.6 is 23.2 Å². The molecular formula is C6H4Cl2N. The van der Waals surface area contributed by atoms with E-state index in [2.05, 4.69) is 11.2 Å². The van der Waals surface area contributed by atoms with Gasteiger partial charge in [0.25, 0.3) is 0 Å². The number of rotatable bonds is 0. The normalized spacial score (nSPS) is 9.67. The predicted molar refractivity (Wildman–Crippen MR) is 37.8 cm³/mol. The second-order valence-corrected chi connectivity index (χ2v) is 2.44. The lowest BCUT2D eigenvalue weighted by Gasteiger charge is -1.95. The van der Waals surface area contributed by atoms with Crippen molar-refractivity contribution in [2.24, 2.45) is 0 Å². The van der Waals surface area contributed by atoms with Crippen LogP contribution in [0.2, 0.25) is 10.0 Å². The molecule has 0 unspecified atom stereocenters. The molecule has 0 spiro atoms. The van der Waals surface area contributed by atoms with Crippen LogP contribution in [0, 0.1) is 13.1 Å². The van der Waals surface area contributed by atoms with Crippen molar-refractivity contribution in [1.82, 2.24) is 4.98 Å². The highest BCUT2D eigenvalue weighted by Gasteiger charge is 1.98. The van der Waals surface area contributed by atoms with Gasteiger partial charge in [-0.25, -0.2) is 0 Å². The molecule has 0 N–H and O–H groups in total. The molecule has 9 heavy (non-hydrogen) atoms. The Morgan fingerprint density at radius 2 is 2.22 bits per heavy atom.